The quantitative estimate of drug-likeness (QED) is 0.735. The Balaban J connectivity index is 1.46. The number of hydrogen-bond donors (Lipinski definition) is 1. The minimum atomic E-state index is -1.11. The van der Waals surface area contributed by atoms with Crippen molar-refractivity contribution in [2.24, 2.45) is 11.8 Å². The summed E-state index contributed by atoms with van der Waals surface area (Å²) >= 11 is 6.66. The van der Waals surface area contributed by atoms with Crippen LogP contribution in [-0.4, -0.2) is 36.0 Å². The lowest BCUT2D eigenvalue weighted by Gasteiger charge is -2.47. The summed E-state index contributed by atoms with van der Waals surface area (Å²) in [6.07, 6.45) is 3.63. The van der Waals surface area contributed by atoms with Crippen molar-refractivity contribution in [2.75, 3.05) is 6.61 Å². The van der Waals surface area contributed by atoms with Gasteiger partial charge in [0.1, 0.15) is 6.29 Å². The topological polar surface area (TPSA) is 55.8 Å². The molecule has 0 amide bonds. The molecule has 2 aromatic carbocycles. The third kappa shape index (κ3) is 3.23. The molecular formula is C25H25ClO4. The SMILES string of the molecule is C[C@@H]1C[C@H](O)C(C=O)[C@@]2(OCC3=CC(Cl)=C(Cc4ccc5ccccc5c4)CC32)O1. The van der Waals surface area contributed by atoms with Gasteiger partial charge in [-0.1, -0.05) is 54.1 Å². The lowest BCUT2D eigenvalue weighted by molar-refractivity contribution is -0.310. The van der Waals surface area contributed by atoms with Gasteiger partial charge < -0.3 is 19.4 Å². The van der Waals surface area contributed by atoms with Gasteiger partial charge >= 0.3 is 0 Å². The second-order valence-electron chi connectivity index (χ2n) is 8.69. The molecule has 2 aliphatic heterocycles. The zero-order valence-corrected chi connectivity index (χ0v) is 17.6. The molecule has 2 aromatic rings. The van der Waals surface area contributed by atoms with Crippen LogP contribution >= 0.6 is 11.6 Å². The monoisotopic (exact) mass is 424 g/mol. The highest BCUT2D eigenvalue weighted by molar-refractivity contribution is 6.31. The predicted octanol–water partition coefficient (Wildman–Crippen LogP) is 4.53. The van der Waals surface area contributed by atoms with Gasteiger partial charge in [0.2, 0.25) is 0 Å². The number of aliphatic hydroxyl groups is 1. The van der Waals surface area contributed by atoms with Crippen LogP contribution in [0.25, 0.3) is 10.8 Å². The Morgan fingerprint density at radius 2 is 2.03 bits per heavy atom. The number of halogens is 1. The van der Waals surface area contributed by atoms with Gasteiger partial charge in [-0.3, -0.25) is 0 Å². The summed E-state index contributed by atoms with van der Waals surface area (Å²) in [4.78, 5) is 11.9. The molecule has 1 N–H and O–H groups in total. The van der Waals surface area contributed by atoms with Crippen LogP contribution in [0.3, 0.4) is 0 Å². The molecular weight excluding hydrogens is 400 g/mol. The molecule has 4 nitrogen and oxygen atoms in total. The zero-order chi connectivity index (χ0) is 20.9. The predicted molar refractivity (Wildman–Crippen MR) is 116 cm³/mol. The molecule has 0 bridgehead atoms. The summed E-state index contributed by atoms with van der Waals surface area (Å²) < 4.78 is 12.4. The number of aliphatic hydroxyl groups excluding tert-OH is 1. The first-order chi connectivity index (χ1) is 14.5. The number of rotatable bonds is 3. The molecule has 2 unspecified atom stereocenters. The van der Waals surface area contributed by atoms with Crippen molar-refractivity contribution in [3.63, 3.8) is 0 Å². The lowest BCUT2D eigenvalue weighted by atomic mass is 9.73. The Bertz CT molecular complexity index is 1060. The summed E-state index contributed by atoms with van der Waals surface area (Å²) in [5.74, 6) is -1.94. The van der Waals surface area contributed by atoms with Crippen molar-refractivity contribution in [1.29, 1.82) is 0 Å². The van der Waals surface area contributed by atoms with Gasteiger partial charge in [0.25, 0.3) is 0 Å². The third-order valence-corrected chi connectivity index (χ3v) is 7.09. The fraction of sp³-hybridized carbons (Fsp3) is 0.400. The van der Waals surface area contributed by atoms with Gasteiger partial charge in [-0.15, -0.1) is 0 Å². The molecule has 5 heteroatoms. The van der Waals surface area contributed by atoms with Crippen molar-refractivity contribution < 1.29 is 19.4 Å². The van der Waals surface area contributed by atoms with Gasteiger partial charge in [0, 0.05) is 17.4 Å². The van der Waals surface area contributed by atoms with E-state index in [-0.39, 0.29) is 12.0 Å². The number of carbonyl (C=O) groups is 1. The number of fused-ring (bicyclic) bond motifs is 3. The summed E-state index contributed by atoms with van der Waals surface area (Å²) in [5, 5.41) is 13.7. The molecule has 3 aliphatic rings. The molecule has 5 rings (SSSR count). The van der Waals surface area contributed by atoms with E-state index in [4.69, 9.17) is 21.1 Å². The van der Waals surface area contributed by atoms with Crippen LogP contribution in [0.4, 0.5) is 0 Å². The molecule has 1 spiro atoms. The molecule has 2 saturated heterocycles. The van der Waals surface area contributed by atoms with E-state index in [0.29, 0.717) is 19.4 Å². The maximum absolute atomic E-state index is 11.9. The number of benzene rings is 2. The van der Waals surface area contributed by atoms with E-state index in [0.717, 1.165) is 28.9 Å². The highest BCUT2D eigenvalue weighted by Crippen LogP contribution is 2.52. The Labute approximate surface area is 181 Å². The maximum atomic E-state index is 11.9. The summed E-state index contributed by atoms with van der Waals surface area (Å²) in [5.41, 5.74) is 3.33. The van der Waals surface area contributed by atoms with Crippen LogP contribution < -0.4 is 0 Å². The molecule has 0 aromatic heterocycles. The normalized spacial score (nSPS) is 33.6. The first-order valence-corrected chi connectivity index (χ1v) is 10.9. The van der Waals surface area contributed by atoms with Crippen molar-refractivity contribution in [3.05, 3.63) is 70.3 Å². The number of hydrogen-bond acceptors (Lipinski definition) is 4. The second-order valence-corrected chi connectivity index (χ2v) is 9.10. The van der Waals surface area contributed by atoms with E-state index in [1.54, 1.807) is 0 Å². The zero-order valence-electron chi connectivity index (χ0n) is 16.9. The van der Waals surface area contributed by atoms with Crippen LogP contribution in [-0.2, 0) is 20.7 Å². The van der Waals surface area contributed by atoms with Crippen molar-refractivity contribution in [1.82, 2.24) is 0 Å². The van der Waals surface area contributed by atoms with E-state index in [2.05, 4.69) is 30.3 Å². The smallest absolute Gasteiger partial charge is 0.187 e. The largest absolute Gasteiger partial charge is 0.392 e. The molecule has 5 atom stereocenters. The van der Waals surface area contributed by atoms with Gasteiger partial charge in [-0.05, 0) is 53.3 Å². The molecule has 0 radical (unpaired) electrons. The minimum Gasteiger partial charge on any atom is -0.392 e. The minimum absolute atomic E-state index is 0.122. The Kier molecular flexibility index (Phi) is 5.06. The molecule has 2 fully saturated rings. The maximum Gasteiger partial charge on any atom is 0.187 e. The highest BCUT2D eigenvalue weighted by Gasteiger charge is 2.59. The summed E-state index contributed by atoms with van der Waals surface area (Å²) in [6.45, 7) is 2.28. The number of allylic oxidation sites excluding steroid dienone is 3. The lowest BCUT2D eigenvalue weighted by Crippen LogP contribution is -2.57. The number of aldehydes is 1. The molecule has 30 heavy (non-hydrogen) atoms. The highest BCUT2D eigenvalue weighted by atomic mass is 35.5. The average molecular weight is 425 g/mol. The van der Waals surface area contributed by atoms with E-state index in [9.17, 15) is 9.90 Å². The average Bonchev–Trinajstić information content (AvgIpc) is 3.05. The Morgan fingerprint density at radius 1 is 1.23 bits per heavy atom. The fourth-order valence-corrected chi connectivity index (χ4v) is 5.54. The van der Waals surface area contributed by atoms with Crippen LogP contribution in [0, 0.1) is 11.8 Å². The number of ether oxygens (including phenoxy) is 2. The first-order valence-electron chi connectivity index (χ1n) is 10.5. The molecule has 156 valence electrons. The summed E-state index contributed by atoms with van der Waals surface area (Å²) in [6, 6.07) is 14.8. The van der Waals surface area contributed by atoms with Crippen molar-refractivity contribution >= 4 is 28.7 Å². The fourth-order valence-electron chi connectivity index (χ4n) is 5.26. The first kappa shape index (κ1) is 20.0. The number of carbonyl (C=O) groups excluding carboxylic acids is 1. The van der Waals surface area contributed by atoms with Gasteiger partial charge in [0.15, 0.2) is 5.79 Å². The van der Waals surface area contributed by atoms with Crippen molar-refractivity contribution in [3.8, 4) is 0 Å². The van der Waals surface area contributed by atoms with E-state index >= 15 is 0 Å². The van der Waals surface area contributed by atoms with Crippen molar-refractivity contribution in [2.45, 2.75) is 44.2 Å². The standard InChI is InChI=1S/C25H25ClO4/c1-15-8-24(28)22(13-27)25(30-15)21-11-19(23(26)12-20(21)14-29-25)10-16-6-7-17-4-2-3-5-18(17)9-16/h2-7,9,12-13,15,21-22,24,28H,8,10-11,14H2,1H3/t15-,21?,22?,24+,25+/m1/s1. The van der Waals surface area contributed by atoms with Crippen LogP contribution in [0.2, 0.25) is 0 Å². The molecule has 0 saturated carbocycles. The van der Waals surface area contributed by atoms with E-state index in [1.165, 1.54) is 16.3 Å². The van der Waals surface area contributed by atoms with Crippen LogP contribution in [0.1, 0.15) is 25.3 Å². The van der Waals surface area contributed by atoms with Gasteiger partial charge in [-0.2, -0.15) is 0 Å². The second kappa shape index (κ2) is 7.61. The summed E-state index contributed by atoms with van der Waals surface area (Å²) in [7, 11) is 0. The third-order valence-electron chi connectivity index (χ3n) is 6.71. The van der Waals surface area contributed by atoms with E-state index < -0.39 is 17.8 Å². The van der Waals surface area contributed by atoms with Crippen LogP contribution in [0.15, 0.2) is 64.7 Å². The van der Waals surface area contributed by atoms with Gasteiger partial charge in [-0.25, -0.2) is 0 Å². The molecule has 2 heterocycles. The molecule has 1 aliphatic carbocycles. The van der Waals surface area contributed by atoms with Gasteiger partial charge in [0.05, 0.1) is 24.7 Å². The van der Waals surface area contributed by atoms with E-state index in [1.807, 2.05) is 25.1 Å². The Hall–Kier alpha value is -1.98. The van der Waals surface area contributed by atoms with Crippen LogP contribution in [0.5, 0.6) is 0 Å². The Morgan fingerprint density at radius 3 is 2.83 bits per heavy atom.